The molecule has 0 radical (unpaired) electrons. The molecule has 202 valence electrons. The number of fused-ring (bicyclic) bond motifs is 1. The van der Waals surface area contributed by atoms with Gasteiger partial charge in [-0.25, -0.2) is 4.68 Å². The molecule has 0 amide bonds. The molecule has 1 saturated carbocycles. The van der Waals surface area contributed by atoms with Gasteiger partial charge in [0.25, 0.3) is 0 Å². The van der Waals surface area contributed by atoms with Gasteiger partial charge in [-0.2, -0.15) is 15.1 Å². The second-order valence-electron chi connectivity index (χ2n) is 9.63. The van der Waals surface area contributed by atoms with Gasteiger partial charge in [-0.1, -0.05) is 19.8 Å². The third kappa shape index (κ3) is 5.27. The molecule has 1 unspecified atom stereocenters. The van der Waals surface area contributed by atoms with Crippen LogP contribution < -0.4 is 5.32 Å². The minimum Gasteiger partial charge on any atom is -0.393 e. The van der Waals surface area contributed by atoms with E-state index in [0.717, 1.165) is 39.0 Å². The van der Waals surface area contributed by atoms with Gasteiger partial charge in [0.05, 0.1) is 24.8 Å². The molecule has 0 bridgehead atoms. The monoisotopic (exact) mass is 549 g/mol. The van der Waals surface area contributed by atoms with Crippen LogP contribution in [0.4, 0.5) is 5.82 Å². The first-order valence-corrected chi connectivity index (χ1v) is 14.0. The highest BCUT2D eigenvalue weighted by molar-refractivity contribution is 7.53. The lowest BCUT2D eigenvalue weighted by atomic mass is 9.98. The van der Waals surface area contributed by atoms with Crippen molar-refractivity contribution in [3.63, 3.8) is 0 Å². The Labute approximate surface area is 213 Å². The lowest BCUT2D eigenvalue weighted by Crippen LogP contribution is -2.39. The van der Waals surface area contributed by atoms with E-state index in [1.165, 1.54) is 10.9 Å². The molecule has 1 saturated heterocycles. The van der Waals surface area contributed by atoms with E-state index in [-0.39, 0.29) is 17.0 Å². The number of aliphatic hydroxyl groups excluding tert-OH is 3. The van der Waals surface area contributed by atoms with Crippen LogP contribution in [0.25, 0.3) is 11.0 Å². The highest BCUT2D eigenvalue weighted by atomic mass is 35.5. The fourth-order valence-corrected chi connectivity index (χ4v) is 5.46. The third-order valence-corrected chi connectivity index (χ3v) is 8.79. The van der Waals surface area contributed by atoms with Crippen molar-refractivity contribution in [2.75, 3.05) is 18.5 Å². The van der Waals surface area contributed by atoms with Crippen LogP contribution in [0.5, 0.6) is 0 Å². The van der Waals surface area contributed by atoms with Crippen molar-refractivity contribution in [3.05, 3.63) is 11.5 Å². The number of hydrogen-bond acceptors (Lipinski definition) is 10. The normalized spacial score (nSPS) is 30.7. The molecule has 36 heavy (non-hydrogen) atoms. The van der Waals surface area contributed by atoms with Gasteiger partial charge in [0.15, 0.2) is 17.2 Å². The van der Waals surface area contributed by atoms with Crippen LogP contribution in [0.3, 0.4) is 0 Å². The van der Waals surface area contributed by atoms with Gasteiger partial charge >= 0.3 is 7.60 Å². The fraction of sp³-hybridized carbons (Fsp3) is 0.762. The maximum absolute atomic E-state index is 11.7. The zero-order valence-electron chi connectivity index (χ0n) is 20.1. The standard InChI is InChI=1S/C21H33ClN5O8P/c1-3-5-11-6-4-7-13(11)24-17-12-8-23-27(18(12)26-20(22)25-17)19-16(30)15(29)14(35-19)9-34-21(2,10-28)36(31,32)33/h8,11,13-16,19,28-30H,3-7,9-10H2,1-2H3,(H,24,25,26)(H2,31,32,33)/t11-,13-,14+,15+,16+,19+,21?/m0/s1. The Morgan fingerprint density at radius 1 is 1.31 bits per heavy atom. The number of hydrogen-bond donors (Lipinski definition) is 6. The molecule has 7 atom stereocenters. The molecule has 1 aliphatic heterocycles. The highest BCUT2D eigenvalue weighted by Crippen LogP contribution is 2.51. The Kier molecular flexibility index (Phi) is 8.25. The molecule has 2 aromatic heterocycles. The molecule has 6 N–H and O–H groups in total. The van der Waals surface area contributed by atoms with Crippen molar-refractivity contribution in [1.82, 2.24) is 19.7 Å². The first kappa shape index (κ1) is 27.6. The summed E-state index contributed by atoms with van der Waals surface area (Å²) in [6, 6.07) is 0.244. The largest absolute Gasteiger partial charge is 0.393 e. The number of anilines is 1. The highest BCUT2D eigenvalue weighted by Gasteiger charge is 2.48. The number of ether oxygens (including phenoxy) is 2. The van der Waals surface area contributed by atoms with Gasteiger partial charge in [0.1, 0.15) is 24.1 Å². The van der Waals surface area contributed by atoms with Crippen LogP contribution in [0, 0.1) is 5.92 Å². The zero-order chi connectivity index (χ0) is 26.3. The molecular weight excluding hydrogens is 517 g/mol. The Bertz CT molecular complexity index is 1120. The molecule has 2 fully saturated rings. The van der Waals surface area contributed by atoms with Crippen LogP contribution in [-0.2, 0) is 14.0 Å². The van der Waals surface area contributed by atoms with E-state index >= 15 is 0 Å². The zero-order valence-corrected chi connectivity index (χ0v) is 21.7. The Hall–Kier alpha value is -1.41. The van der Waals surface area contributed by atoms with Gasteiger partial charge in [-0.05, 0) is 43.7 Å². The van der Waals surface area contributed by atoms with Crippen molar-refractivity contribution in [1.29, 1.82) is 0 Å². The first-order chi connectivity index (χ1) is 17.0. The van der Waals surface area contributed by atoms with E-state index in [1.54, 1.807) is 0 Å². The van der Waals surface area contributed by atoms with Gasteiger partial charge in [-0.15, -0.1) is 0 Å². The van der Waals surface area contributed by atoms with E-state index in [0.29, 0.717) is 17.1 Å². The molecule has 2 aliphatic rings. The lowest BCUT2D eigenvalue weighted by Gasteiger charge is -2.29. The maximum atomic E-state index is 11.7. The van der Waals surface area contributed by atoms with Crippen molar-refractivity contribution in [2.45, 2.75) is 81.9 Å². The minimum absolute atomic E-state index is 0.0231. The van der Waals surface area contributed by atoms with Crippen LogP contribution in [0.1, 0.15) is 52.2 Å². The minimum atomic E-state index is -4.84. The van der Waals surface area contributed by atoms with E-state index in [1.807, 2.05) is 0 Å². The number of nitrogens with zero attached hydrogens (tertiary/aromatic N) is 4. The summed E-state index contributed by atoms with van der Waals surface area (Å²) in [5.74, 6) is 1.06. The summed E-state index contributed by atoms with van der Waals surface area (Å²) in [7, 11) is -4.84. The van der Waals surface area contributed by atoms with E-state index in [2.05, 4.69) is 27.3 Å². The summed E-state index contributed by atoms with van der Waals surface area (Å²) < 4.78 is 24.0. The molecule has 0 aromatic carbocycles. The predicted octanol–water partition coefficient (Wildman–Crippen LogP) is 1.38. The van der Waals surface area contributed by atoms with Crippen LogP contribution in [-0.4, -0.2) is 87.8 Å². The molecule has 1 aliphatic carbocycles. The van der Waals surface area contributed by atoms with Crippen LogP contribution in [0.15, 0.2) is 6.20 Å². The fourth-order valence-electron chi connectivity index (χ4n) is 4.87. The van der Waals surface area contributed by atoms with Gasteiger partial charge in [0.2, 0.25) is 5.28 Å². The SMILES string of the molecule is CCC[C@H]1CCC[C@@H]1Nc1nc(Cl)nc2c1cnn2[C@@H]1O[C@H](COC(C)(CO)P(=O)(O)O)[C@@H](O)[C@H]1O. The molecule has 4 rings (SSSR count). The van der Waals surface area contributed by atoms with Crippen molar-refractivity contribution < 1.29 is 39.1 Å². The average Bonchev–Trinajstić information content (AvgIpc) is 3.51. The van der Waals surface area contributed by atoms with E-state index in [4.69, 9.17) is 21.1 Å². The van der Waals surface area contributed by atoms with E-state index < -0.39 is 50.7 Å². The Balaban J connectivity index is 1.55. The molecule has 3 heterocycles. The summed E-state index contributed by atoms with van der Waals surface area (Å²) in [5.41, 5.74) is 0.288. The van der Waals surface area contributed by atoms with E-state index in [9.17, 15) is 29.7 Å². The second kappa shape index (κ2) is 10.8. The molecule has 15 heteroatoms. The Morgan fingerprint density at radius 2 is 2.06 bits per heavy atom. The lowest BCUT2D eigenvalue weighted by molar-refractivity contribution is -0.104. The van der Waals surface area contributed by atoms with Crippen molar-refractivity contribution >= 4 is 36.0 Å². The molecule has 0 spiro atoms. The van der Waals surface area contributed by atoms with Crippen LogP contribution >= 0.6 is 19.2 Å². The quantitative estimate of drug-likeness (QED) is 0.184. The van der Waals surface area contributed by atoms with Crippen molar-refractivity contribution in [2.24, 2.45) is 5.92 Å². The van der Waals surface area contributed by atoms with Gasteiger partial charge in [-0.3, -0.25) is 4.57 Å². The summed E-state index contributed by atoms with van der Waals surface area (Å²) in [4.78, 5) is 27.6. The number of halogens is 1. The topological polar surface area (TPSA) is 192 Å². The van der Waals surface area contributed by atoms with Gasteiger partial charge < -0.3 is 39.9 Å². The van der Waals surface area contributed by atoms with Crippen molar-refractivity contribution in [3.8, 4) is 0 Å². The Morgan fingerprint density at radius 3 is 2.72 bits per heavy atom. The first-order valence-electron chi connectivity index (χ1n) is 12.0. The molecule has 2 aromatic rings. The maximum Gasteiger partial charge on any atom is 0.359 e. The molecule has 13 nitrogen and oxygen atoms in total. The summed E-state index contributed by atoms with van der Waals surface area (Å²) in [5, 5.41) is 36.8. The summed E-state index contributed by atoms with van der Waals surface area (Å²) >= 11 is 6.22. The third-order valence-electron chi connectivity index (χ3n) is 7.11. The van der Waals surface area contributed by atoms with Crippen LogP contribution in [0.2, 0.25) is 5.28 Å². The smallest absolute Gasteiger partial charge is 0.359 e. The number of rotatable bonds is 10. The number of aromatic nitrogens is 4. The number of nitrogens with one attached hydrogen (secondary N) is 1. The molecular formula is C21H33ClN5O8P. The number of aliphatic hydroxyl groups is 3. The summed E-state index contributed by atoms with van der Waals surface area (Å²) in [6.07, 6.45) is 1.77. The summed E-state index contributed by atoms with van der Waals surface area (Å²) in [6.45, 7) is 1.75. The predicted molar refractivity (Wildman–Crippen MR) is 129 cm³/mol. The average molecular weight is 550 g/mol. The van der Waals surface area contributed by atoms with Gasteiger partial charge in [0, 0.05) is 6.04 Å². The second-order valence-corrected chi connectivity index (χ2v) is 12.0.